The second-order valence-corrected chi connectivity index (χ2v) is 4.50. The van der Waals surface area contributed by atoms with Gasteiger partial charge in [0.05, 0.1) is 15.7 Å². The fourth-order valence-corrected chi connectivity index (χ4v) is 1.57. The summed E-state index contributed by atoms with van der Waals surface area (Å²) < 4.78 is 0. The van der Waals surface area contributed by atoms with Gasteiger partial charge in [-0.15, -0.1) is 0 Å². The number of imide groups is 1. The third-order valence-corrected chi connectivity index (χ3v) is 2.82. The predicted octanol–water partition coefficient (Wildman–Crippen LogP) is 3.84. The van der Waals surface area contributed by atoms with Crippen molar-refractivity contribution in [2.75, 3.05) is 19.0 Å². The van der Waals surface area contributed by atoms with E-state index in [4.69, 9.17) is 34.8 Å². The van der Waals surface area contributed by atoms with Crippen molar-refractivity contribution in [1.82, 2.24) is 4.90 Å². The number of amides is 3. The molecule has 0 saturated heterocycles. The molecule has 17 heavy (non-hydrogen) atoms. The van der Waals surface area contributed by atoms with Crippen molar-refractivity contribution < 1.29 is 9.59 Å². The van der Waals surface area contributed by atoms with E-state index in [0.717, 1.165) is 4.90 Å². The van der Waals surface area contributed by atoms with Crippen LogP contribution in [-0.4, -0.2) is 30.4 Å². The zero-order chi connectivity index (χ0) is 13.2. The lowest BCUT2D eigenvalue weighted by Gasteiger charge is -2.22. The molecule has 0 radical (unpaired) electrons. The molecule has 7 heteroatoms. The topological polar surface area (TPSA) is 40.6 Å². The maximum atomic E-state index is 11.8. The van der Waals surface area contributed by atoms with Crippen LogP contribution in [0.25, 0.3) is 0 Å². The SMILES string of the molecule is CN(C)C(=O)N(C(=O)Cl)c1ccc(Cl)c(Cl)c1. The zero-order valence-corrected chi connectivity index (χ0v) is 11.3. The molecule has 0 spiro atoms. The van der Waals surface area contributed by atoms with Crippen LogP contribution in [0, 0.1) is 0 Å². The first kappa shape index (κ1) is 14.1. The first-order chi connectivity index (χ1) is 7.84. The van der Waals surface area contributed by atoms with Gasteiger partial charge in [0.1, 0.15) is 0 Å². The van der Waals surface area contributed by atoms with Gasteiger partial charge in [0.15, 0.2) is 0 Å². The molecule has 0 saturated carbocycles. The van der Waals surface area contributed by atoms with Crippen LogP contribution in [0.3, 0.4) is 0 Å². The van der Waals surface area contributed by atoms with Crippen LogP contribution < -0.4 is 4.90 Å². The highest BCUT2D eigenvalue weighted by Crippen LogP contribution is 2.28. The van der Waals surface area contributed by atoms with Gasteiger partial charge in [0, 0.05) is 14.1 Å². The Morgan fingerprint density at radius 2 is 1.71 bits per heavy atom. The number of carbonyl (C=O) groups is 2. The standard InChI is InChI=1S/C10H9Cl3N2O2/c1-14(2)10(17)15(9(13)16)6-3-4-7(11)8(12)5-6/h3-5H,1-2H3. The Hall–Kier alpha value is -0.970. The summed E-state index contributed by atoms with van der Waals surface area (Å²) in [5.74, 6) is 0. The van der Waals surface area contributed by atoms with E-state index in [0.29, 0.717) is 5.02 Å². The predicted molar refractivity (Wildman–Crippen MR) is 69.3 cm³/mol. The fourth-order valence-electron chi connectivity index (χ4n) is 1.11. The molecule has 0 aliphatic rings. The molecule has 4 nitrogen and oxygen atoms in total. The van der Waals surface area contributed by atoms with Crippen LogP contribution in [0.1, 0.15) is 0 Å². The van der Waals surface area contributed by atoms with E-state index >= 15 is 0 Å². The monoisotopic (exact) mass is 294 g/mol. The third kappa shape index (κ3) is 3.25. The number of carbonyl (C=O) groups excluding carboxylic acids is 2. The lowest BCUT2D eigenvalue weighted by atomic mass is 10.3. The van der Waals surface area contributed by atoms with E-state index in [2.05, 4.69) is 0 Å². The van der Waals surface area contributed by atoms with Gasteiger partial charge in [-0.1, -0.05) is 23.2 Å². The molecule has 1 aromatic rings. The normalized spacial score (nSPS) is 9.94. The van der Waals surface area contributed by atoms with Crippen molar-refractivity contribution in [2.45, 2.75) is 0 Å². The van der Waals surface area contributed by atoms with Crippen LogP contribution in [-0.2, 0) is 0 Å². The van der Waals surface area contributed by atoms with Gasteiger partial charge < -0.3 is 4.90 Å². The number of rotatable bonds is 1. The van der Waals surface area contributed by atoms with E-state index < -0.39 is 11.4 Å². The summed E-state index contributed by atoms with van der Waals surface area (Å²) in [6.45, 7) is 0. The molecule has 0 aliphatic heterocycles. The summed E-state index contributed by atoms with van der Waals surface area (Å²) >= 11 is 16.9. The molecular weight excluding hydrogens is 286 g/mol. The number of hydrogen-bond acceptors (Lipinski definition) is 2. The second kappa shape index (κ2) is 5.58. The fraction of sp³-hybridized carbons (Fsp3) is 0.200. The van der Waals surface area contributed by atoms with Gasteiger partial charge in [0.2, 0.25) is 0 Å². The van der Waals surface area contributed by atoms with E-state index in [1.54, 1.807) is 0 Å². The Kier molecular flexibility index (Phi) is 4.62. The summed E-state index contributed by atoms with van der Waals surface area (Å²) in [5, 5.41) is -0.351. The number of urea groups is 1. The summed E-state index contributed by atoms with van der Waals surface area (Å²) in [4.78, 5) is 25.0. The minimum absolute atomic E-state index is 0.235. The molecule has 92 valence electrons. The minimum atomic E-state index is -0.915. The van der Waals surface area contributed by atoms with Gasteiger partial charge in [0.25, 0.3) is 0 Å². The van der Waals surface area contributed by atoms with Crippen LogP contribution in [0.5, 0.6) is 0 Å². The van der Waals surface area contributed by atoms with Crippen molar-refractivity contribution in [1.29, 1.82) is 0 Å². The minimum Gasteiger partial charge on any atom is -0.330 e. The number of nitrogens with zero attached hydrogens (tertiary/aromatic N) is 2. The molecule has 0 aromatic heterocycles. The summed E-state index contributed by atoms with van der Waals surface area (Å²) in [6, 6.07) is 3.79. The highest BCUT2D eigenvalue weighted by atomic mass is 35.5. The summed E-state index contributed by atoms with van der Waals surface area (Å²) in [6.07, 6.45) is 0. The zero-order valence-electron chi connectivity index (χ0n) is 9.08. The molecule has 0 unspecified atom stereocenters. The maximum absolute atomic E-state index is 11.8. The Morgan fingerprint density at radius 3 is 2.12 bits per heavy atom. The summed E-state index contributed by atoms with van der Waals surface area (Å²) in [7, 11) is 3.01. The molecule has 3 amide bonds. The van der Waals surface area contributed by atoms with Gasteiger partial charge >= 0.3 is 11.4 Å². The number of benzene rings is 1. The van der Waals surface area contributed by atoms with E-state index in [-0.39, 0.29) is 10.7 Å². The van der Waals surface area contributed by atoms with Crippen molar-refractivity contribution in [3.05, 3.63) is 28.2 Å². The van der Waals surface area contributed by atoms with Crippen molar-refractivity contribution in [3.8, 4) is 0 Å². The van der Waals surface area contributed by atoms with E-state index in [1.165, 1.54) is 37.2 Å². The summed E-state index contributed by atoms with van der Waals surface area (Å²) in [5.41, 5.74) is 0.262. The highest BCUT2D eigenvalue weighted by Gasteiger charge is 2.23. The van der Waals surface area contributed by atoms with E-state index in [1.807, 2.05) is 0 Å². The molecular formula is C10H9Cl3N2O2. The van der Waals surface area contributed by atoms with Crippen molar-refractivity contribution >= 4 is 51.9 Å². The Labute approximate surface area is 114 Å². The molecule has 0 N–H and O–H groups in total. The van der Waals surface area contributed by atoms with Crippen molar-refractivity contribution in [3.63, 3.8) is 0 Å². The maximum Gasteiger partial charge on any atom is 0.331 e. The largest absolute Gasteiger partial charge is 0.331 e. The van der Waals surface area contributed by atoms with Crippen LogP contribution >= 0.6 is 34.8 Å². The second-order valence-electron chi connectivity index (χ2n) is 3.36. The Bertz CT molecular complexity index is 463. The first-order valence-electron chi connectivity index (χ1n) is 4.50. The molecule has 0 fully saturated rings. The molecule has 0 atom stereocenters. The van der Waals surface area contributed by atoms with Gasteiger partial charge in [-0.3, -0.25) is 4.79 Å². The molecule has 0 aliphatic carbocycles. The number of hydrogen-bond donors (Lipinski definition) is 0. The first-order valence-corrected chi connectivity index (χ1v) is 5.64. The smallest absolute Gasteiger partial charge is 0.330 e. The average molecular weight is 296 g/mol. The van der Waals surface area contributed by atoms with Gasteiger partial charge in [-0.05, 0) is 29.8 Å². The third-order valence-electron chi connectivity index (χ3n) is 1.91. The average Bonchev–Trinajstić information content (AvgIpc) is 2.22. The quantitative estimate of drug-likeness (QED) is 0.583. The molecule has 0 heterocycles. The molecule has 1 aromatic carbocycles. The van der Waals surface area contributed by atoms with Gasteiger partial charge in [-0.2, -0.15) is 0 Å². The van der Waals surface area contributed by atoms with Crippen molar-refractivity contribution in [2.24, 2.45) is 0 Å². The lowest BCUT2D eigenvalue weighted by molar-refractivity contribution is 0.222. The highest BCUT2D eigenvalue weighted by molar-refractivity contribution is 6.68. The van der Waals surface area contributed by atoms with Crippen LogP contribution in [0.15, 0.2) is 18.2 Å². The molecule has 1 rings (SSSR count). The van der Waals surface area contributed by atoms with Gasteiger partial charge in [-0.25, -0.2) is 9.69 Å². The Balaban J connectivity index is 3.19. The van der Waals surface area contributed by atoms with E-state index in [9.17, 15) is 9.59 Å². The van der Waals surface area contributed by atoms with Crippen LogP contribution in [0.2, 0.25) is 10.0 Å². The Morgan fingerprint density at radius 1 is 1.12 bits per heavy atom. The number of anilines is 1. The molecule has 0 bridgehead atoms. The number of halogens is 3. The lowest BCUT2D eigenvalue weighted by Crippen LogP contribution is -2.40. The van der Waals surface area contributed by atoms with Crippen LogP contribution in [0.4, 0.5) is 15.3 Å².